The molecule has 2 aromatic rings. The van der Waals surface area contributed by atoms with E-state index in [2.05, 4.69) is 20.8 Å². The SMILES string of the molecule is CCc1ccc(NC(=O)NC2CCc3[nH]ncc3C2)cc1F. The van der Waals surface area contributed by atoms with E-state index in [1.807, 2.05) is 6.92 Å². The van der Waals surface area contributed by atoms with Crippen LogP contribution in [0, 0.1) is 5.82 Å². The quantitative estimate of drug-likeness (QED) is 0.816. The van der Waals surface area contributed by atoms with E-state index in [0.29, 0.717) is 17.7 Å². The van der Waals surface area contributed by atoms with Crippen molar-refractivity contribution in [2.75, 3.05) is 5.32 Å². The fourth-order valence-electron chi connectivity index (χ4n) is 2.80. The summed E-state index contributed by atoms with van der Waals surface area (Å²) < 4.78 is 13.7. The second-order valence-electron chi connectivity index (χ2n) is 5.57. The van der Waals surface area contributed by atoms with Crippen LogP contribution in [0.5, 0.6) is 0 Å². The summed E-state index contributed by atoms with van der Waals surface area (Å²) in [4.78, 5) is 12.0. The molecule has 116 valence electrons. The first kappa shape index (κ1) is 14.6. The molecule has 1 aromatic carbocycles. The number of hydrogen-bond donors (Lipinski definition) is 3. The molecule has 0 radical (unpaired) electrons. The Morgan fingerprint density at radius 1 is 1.50 bits per heavy atom. The standard InChI is InChI=1S/C16H19FN4O/c1-2-10-3-4-13(8-14(10)17)20-16(22)19-12-5-6-15-11(7-12)9-18-21-15/h3-4,8-9,12H,2,5-7H2,1H3,(H,18,21)(H2,19,20,22). The van der Waals surface area contributed by atoms with Crippen LogP contribution < -0.4 is 10.6 Å². The van der Waals surface area contributed by atoms with E-state index in [1.54, 1.807) is 18.3 Å². The third-order valence-electron chi connectivity index (χ3n) is 4.04. The predicted octanol–water partition coefficient (Wildman–Crippen LogP) is 2.79. The van der Waals surface area contributed by atoms with Crippen LogP contribution in [0.4, 0.5) is 14.9 Å². The second kappa shape index (κ2) is 6.17. The summed E-state index contributed by atoms with van der Waals surface area (Å²) in [5.74, 6) is -0.291. The van der Waals surface area contributed by atoms with Gasteiger partial charge in [-0.05, 0) is 48.9 Å². The average molecular weight is 302 g/mol. The number of benzene rings is 1. The monoisotopic (exact) mass is 302 g/mol. The molecule has 1 atom stereocenters. The lowest BCUT2D eigenvalue weighted by Gasteiger charge is -2.23. The van der Waals surface area contributed by atoms with Crippen molar-refractivity contribution >= 4 is 11.7 Å². The number of carbonyl (C=O) groups is 1. The number of fused-ring (bicyclic) bond motifs is 1. The van der Waals surface area contributed by atoms with Gasteiger partial charge in [-0.15, -0.1) is 0 Å². The fraction of sp³-hybridized carbons (Fsp3) is 0.375. The third kappa shape index (κ3) is 3.10. The largest absolute Gasteiger partial charge is 0.335 e. The van der Waals surface area contributed by atoms with Crippen LogP contribution in [0.25, 0.3) is 0 Å². The molecule has 0 bridgehead atoms. The van der Waals surface area contributed by atoms with Gasteiger partial charge in [-0.2, -0.15) is 5.10 Å². The van der Waals surface area contributed by atoms with Gasteiger partial charge in [0.15, 0.2) is 0 Å². The van der Waals surface area contributed by atoms with E-state index in [9.17, 15) is 9.18 Å². The predicted molar refractivity (Wildman–Crippen MR) is 82.3 cm³/mol. The molecule has 1 aliphatic carbocycles. The molecule has 1 aliphatic rings. The molecule has 1 unspecified atom stereocenters. The van der Waals surface area contributed by atoms with Gasteiger partial charge in [0.1, 0.15) is 5.82 Å². The number of rotatable bonds is 3. The summed E-state index contributed by atoms with van der Waals surface area (Å²) in [5, 5.41) is 12.6. The Labute approximate surface area is 128 Å². The zero-order valence-corrected chi connectivity index (χ0v) is 12.4. The van der Waals surface area contributed by atoms with Crippen LogP contribution in [0.3, 0.4) is 0 Å². The van der Waals surface area contributed by atoms with Crippen LogP contribution in [0.2, 0.25) is 0 Å². The molecule has 1 heterocycles. The minimum Gasteiger partial charge on any atom is -0.335 e. The highest BCUT2D eigenvalue weighted by Gasteiger charge is 2.21. The van der Waals surface area contributed by atoms with Crippen molar-refractivity contribution in [2.24, 2.45) is 0 Å². The number of amides is 2. The number of carbonyl (C=O) groups excluding carboxylic acids is 1. The van der Waals surface area contributed by atoms with Gasteiger partial charge < -0.3 is 10.6 Å². The van der Waals surface area contributed by atoms with Crippen LogP contribution >= 0.6 is 0 Å². The summed E-state index contributed by atoms with van der Waals surface area (Å²) in [6.45, 7) is 1.89. The summed E-state index contributed by atoms with van der Waals surface area (Å²) in [6, 6.07) is 4.54. The number of aromatic nitrogens is 2. The maximum absolute atomic E-state index is 13.7. The fourth-order valence-corrected chi connectivity index (χ4v) is 2.80. The van der Waals surface area contributed by atoms with E-state index >= 15 is 0 Å². The molecule has 1 aromatic heterocycles. The number of aromatic amines is 1. The molecule has 3 rings (SSSR count). The molecular formula is C16H19FN4O. The zero-order valence-electron chi connectivity index (χ0n) is 12.4. The summed E-state index contributed by atoms with van der Waals surface area (Å²) >= 11 is 0. The number of urea groups is 1. The van der Waals surface area contributed by atoms with Gasteiger partial charge in [0.05, 0.1) is 6.20 Å². The third-order valence-corrected chi connectivity index (χ3v) is 4.04. The average Bonchev–Trinajstić information content (AvgIpc) is 2.95. The van der Waals surface area contributed by atoms with E-state index in [1.165, 1.54) is 6.07 Å². The molecule has 0 fully saturated rings. The molecule has 2 amide bonds. The number of anilines is 1. The lowest BCUT2D eigenvalue weighted by atomic mass is 9.94. The number of aryl methyl sites for hydroxylation is 2. The maximum Gasteiger partial charge on any atom is 0.319 e. The molecule has 0 saturated carbocycles. The Hall–Kier alpha value is -2.37. The molecule has 22 heavy (non-hydrogen) atoms. The molecule has 5 nitrogen and oxygen atoms in total. The molecule has 0 aliphatic heterocycles. The smallest absolute Gasteiger partial charge is 0.319 e. The Kier molecular flexibility index (Phi) is 4.09. The van der Waals surface area contributed by atoms with Crippen LogP contribution in [-0.4, -0.2) is 22.3 Å². The molecule has 3 N–H and O–H groups in total. The van der Waals surface area contributed by atoms with Crippen molar-refractivity contribution < 1.29 is 9.18 Å². The first-order valence-electron chi connectivity index (χ1n) is 7.52. The van der Waals surface area contributed by atoms with Crippen LogP contribution in [0.15, 0.2) is 24.4 Å². The van der Waals surface area contributed by atoms with Gasteiger partial charge in [0.25, 0.3) is 0 Å². The number of nitrogens with one attached hydrogen (secondary N) is 3. The van der Waals surface area contributed by atoms with Crippen molar-refractivity contribution in [3.63, 3.8) is 0 Å². The Balaban J connectivity index is 1.58. The zero-order chi connectivity index (χ0) is 15.5. The molecule has 6 heteroatoms. The van der Waals surface area contributed by atoms with Crippen molar-refractivity contribution in [3.05, 3.63) is 47.0 Å². The normalized spacial score (nSPS) is 16.9. The van der Waals surface area contributed by atoms with Crippen molar-refractivity contribution in [1.82, 2.24) is 15.5 Å². The summed E-state index contributed by atoms with van der Waals surface area (Å²) in [5.41, 5.74) is 3.41. The van der Waals surface area contributed by atoms with E-state index in [4.69, 9.17) is 0 Å². The van der Waals surface area contributed by atoms with Gasteiger partial charge in [-0.3, -0.25) is 5.10 Å². The van der Waals surface area contributed by atoms with Gasteiger partial charge in [-0.25, -0.2) is 9.18 Å². The summed E-state index contributed by atoms with van der Waals surface area (Å²) in [6.07, 6.45) is 4.95. The summed E-state index contributed by atoms with van der Waals surface area (Å²) in [7, 11) is 0. The number of hydrogen-bond acceptors (Lipinski definition) is 2. The first-order chi connectivity index (χ1) is 10.7. The minimum absolute atomic E-state index is 0.0739. The van der Waals surface area contributed by atoms with Gasteiger partial charge in [0.2, 0.25) is 0 Å². The highest BCUT2D eigenvalue weighted by Crippen LogP contribution is 2.19. The number of H-pyrrole nitrogens is 1. The lowest BCUT2D eigenvalue weighted by Crippen LogP contribution is -2.41. The lowest BCUT2D eigenvalue weighted by molar-refractivity contribution is 0.247. The molecule has 0 saturated heterocycles. The van der Waals surface area contributed by atoms with Gasteiger partial charge in [-0.1, -0.05) is 13.0 Å². The number of halogens is 1. The topological polar surface area (TPSA) is 69.8 Å². The first-order valence-corrected chi connectivity index (χ1v) is 7.52. The molecular weight excluding hydrogens is 283 g/mol. The minimum atomic E-state index is -0.305. The molecule has 0 spiro atoms. The van der Waals surface area contributed by atoms with Crippen LogP contribution in [0.1, 0.15) is 30.2 Å². The van der Waals surface area contributed by atoms with Crippen molar-refractivity contribution in [3.8, 4) is 0 Å². The van der Waals surface area contributed by atoms with Gasteiger partial charge >= 0.3 is 6.03 Å². The van der Waals surface area contributed by atoms with Gasteiger partial charge in [0, 0.05) is 17.4 Å². The highest BCUT2D eigenvalue weighted by atomic mass is 19.1. The van der Waals surface area contributed by atoms with E-state index in [0.717, 1.165) is 30.5 Å². The van der Waals surface area contributed by atoms with Crippen molar-refractivity contribution in [1.29, 1.82) is 0 Å². The maximum atomic E-state index is 13.7. The highest BCUT2D eigenvalue weighted by molar-refractivity contribution is 5.89. The Morgan fingerprint density at radius 3 is 3.14 bits per heavy atom. The van der Waals surface area contributed by atoms with E-state index in [-0.39, 0.29) is 17.9 Å². The Morgan fingerprint density at radius 2 is 2.36 bits per heavy atom. The number of nitrogens with zero attached hydrogens (tertiary/aromatic N) is 1. The Bertz CT molecular complexity index is 683. The van der Waals surface area contributed by atoms with E-state index < -0.39 is 0 Å². The second-order valence-corrected chi connectivity index (χ2v) is 5.57. The van der Waals surface area contributed by atoms with Crippen LogP contribution in [-0.2, 0) is 19.3 Å². The van der Waals surface area contributed by atoms with Crippen molar-refractivity contribution in [2.45, 2.75) is 38.6 Å².